The Morgan fingerprint density at radius 3 is 2.15 bits per heavy atom. The maximum atomic E-state index is 12.8. The Bertz CT molecular complexity index is 620. The van der Waals surface area contributed by atoms with E-state index in [4.69, 9.17) is 0 Å². The summed E-state index contributed by atoms with van der Waals surface area (Å²) in [6.07, 6.45) is -4.61. The summed E-state index contributed by atoms with van der Waals surface area (Å²) in [6.45, 7) is 0. The van der Waals surface area contributed by atoms with Crippen molar-refractivity contribution >= 4 is 11.6 Å². The average molecular weight is 283 g/mol. The van der Waals surface area contributed by atoms with E-state index < -0.39 is 29.0 Å². The molecule has 2 aromatic rings. The first-order valence-corrected chi connectivity index (χ1v) is 5.61. The van der Waals surface area contributed by atoms with Gasteiger partial charge in [-0.05, 0) is 36.4 Å². The van der Waals surface area contributed by atoms with Crippen LogP contribution in [0.3, 0.4) is 0 Å². The number of halogens is 4. The Morgan fingerprint density at radius 1 is 0.950 bits per heavy atom. The molecule has 20 heavy (non-hydrogen) atoms. The van der Waals surface area contributed by atoms with Crippen LogP contribution in [0.25, 0.3) is 0 Å². The van der Waals surface area contributed by atoms with E-state index in [1.807, 2.05) is 0 Å². The van der Waals surface area contributed by atoms with Crippen LogP contribution in [0.1, 0.15) is 15.9 Å². The minimum Gasteiger partial charge on any atom is -0.322 e. The molecule has 0 unspecified atom stereocenters. The summed E-state index contributed by atoms with van der Waals surface area (Å²) in [5, 5.41) is 2.29. The van der Waals surface area contributed by atoms with Gasteiger partial charge in [-0.25, -0.2) is 4.39 Å². The fraction of sp³-hybridized carbons (Fsp3) is 0.0714. The van der Waals surface area contributed by atoms with Crippen molar-refractivity contribution < 1.29 is 22.4 Å². The molecule has 1 amide bonds. The van der Waals surface area contributed by atoms with Gasteiger partial charge in [-0.15, -0.1) is 0 Å². The van der Waals surface area contributed by atoms with E-state index in [0.29, 0.717) is 0 Å². The molecule has 0 radical (unpaired) electrons. The average Bonchev–Trinajstić information content (AvgIpc) is 2.40. The van der Waals surface area contributed by atoms with Crippen LogP contribution >= 0.6 is 0 Å². The second-order valence-electron chi connectivity index (χ2n) is 4.00. The summed E-state index contributed by atoms with van der Waals surface area (Å²) in [5.74, 6) is -1.40. The quantitative estimate of drug-likeness (QED) is 0.826. The lowest BCUT2D eigenvalue weighted by Gasteiger charge is -2.12. The minimum atomic E-state index is -4.61. The zero-order chi connectivity index (χ0) is 14.8. The molecule has 0 saturated heterocycles. The number of alkyl halides is 3. The van der Waals surface area contributed by atoms with Gasteiger partial charge >= 0.3 is 6.18 Å². The highest BCUT2D eigenvalue weighted by Gasteiger charge is 2.34. The molecule has 0 aliphatic heterocycles. The maximum absolute atomic E-state index is 12.8. The zero-order valence-electron chi connectivity index (χ0n) is 10.0. The smallest absolute Gasteiger partial charge is 0.322 e. The Kier molecular flexibility index (Phi) is 3.74. The SMILES string of the molecule is O=C(Nc1ccc(F)cc1)c1ccccc1C(F)(F)F. The first-order chi connectivity index (χ1) is 9.38. The third-order valence-corrected chi connectivity index (χ3v) is 2.58. The zero-order valence-corrected chi connectivity index (χ0v) is 10.0. The lowest BCUT2D eigenvalue weighted by atomic mass is 10.1. The van der Waals surface area contributed by atoms with Gasteiger partial charge in [0.15, 0.2) is 0 Å². The Morgan fingerprint density at radius 2 is 1.55 bits per heavy atom. The Hall–Kier alpha value is -2.37. The highest BCUT2D eigenvalue weighted by Crippen LogP contribution is 2.32. The Labute approximate surface area is 112 Å². The van der Waals surface area contributed by atoms with Crippen molar-refractivity contribution in [1.29, 1.82) is 0 Å². The fourth-order valence-electron chi connectivity index (χ4n) is 1.66. The largest absolute Gasteiger partial charge is 0.417 e. The van der Waals surface area contributed by atoms with Crippen molar-refractivity contribution in [2.24, 2.45) is 0 Å². The van der Waals surface area contributed by atoms with Gasteiger partial charge in [0.05, 0.1) is 11.1 Å². The van der Waals surface area contributed by atoms with E-state index in [1.165, 1.54) is 24.3 Å². The van der Waals surface area contributed by atoms with E-state index in [1.54, 1.807) is 0 Å². The number of nitrogens with one attached hydrogen (secondary N) is 1. The molecule has 0 fully saturated rings. The monoisotopic (exact) mass is 283 g/mol. The molecule has 6 heteroatoms. The van der Waals surface area contributed by atoms with Crippen molar-refractivity contribution in [3.63, 3.8) is 0 Å². The van der Waals surface area contributed by atoms with E-state index in [0.717, 1.165) is 24.3 Å². The first-order valence-electron chi connectivity index (χ1n) is 5.61. The molecular formula is C14H9F4NO. The lowest BCUT2D eigenvalue weighted by molar-refractivity contribution is -0.137. The van der Waals surface area contributed by atoms with Gasteiger partial charge in [-0.3, -0.25) is 4.79 Å². The van der Waals surface area contributed by atoms with E-state index in [-0.39, 0.29) is 5.69 Å². The first kappa shape index (κ1) is 14.0. The van der Waals surface area contributed by atoms with Gasteiger partial charge in [0.2, 0.25) is 0 Å². The molecule has 0 spiro atoms. The molecule has 2 rings (SSSR count). The molecule has 0 saturated carbocycles. The number of carbonyl (C=O) groups excluding carboxylic acids is 1. The fourth-order valence-corrected chi connectivity index (χ4v) is 1.66. The molecule has 104 valence electrons. The van der Waals surface area contributed by atoms with Crippen LogP contribution in [0.2, 0.25) is 0 Å². The molecule has 0 aromatic heterocycles. The van der Waals surface area contributed by atoms with Crippen LogP contribution in [0.4, 0.5) is 23.2 Å². The van der Waals surface area contributed by atoms with Gasteiger partial charge in [0, 0.05) is 5.69 Å². The van der Waals surface area contributed by atoms with Crippen molar-refractivity contribution in [3.05, 3.63) is 65.5 Å². The predicted molar refractivity (Wildman–Crippen MR) is 65.8 cm³/mol. The molecule has 0 aliphatic rings. The molecule has 2 aromatic carbocycles. The van der Waals surface area contributed by atoms with Crippen LogP contribution in [0, 0.1) is 5.82 Å². The van der Waals surface area contributed by atoms with Crippen molar-refractivity contribution in [1.82, 2.24) is 0 Å². The third-order valence-electron chi connectivity index (χ3n) is 2.58. The maximum Gasteiger partial charge on any atom is 0.417 e. The highest BCUT2D eigenvalue weighted by atomic mass is 19.4. The summed E-state index contributed by atoms with van der Waals surface area (Å²) in [6, 6.07) is 9.21. The lowest BCUT2D eigenvalue weighted by Crippen LogP contribution is -2.18. The van der Waals surface area contributed by atoms with Crippen LogP contribution < -0.4 is 5.32 Å². The van der Waals surface area contributed by atoms with Gasteiger partial charge in [0.1, 0.15) is 5.82 Å². The third kappa shape index (κ3) is 3.14. The molecule has 0 heterocycles. The standard InChI is InChI=1S/C14H9F4NO/c15-9-5-7-10(8-6-9)19-13(20)11-3-1-2-4-12(11)14(16,17)18/h1-8H,(H,19,20). The van der Waals surface area contributed by atoms with Crippen molar-refractivity contribution in [2.45, 2.75) is 6.18 Å². The van der Waals surface area contributed by atoms with Crippen molar-refractivity contribution in [3.8, 4) is 0 Å². The topological polar surface area (TPSA) is 29.1 Å². The van der Waals surface area contributed by atoms with Crippen LogP contribution in [-0.2, 0) is 6.18 Å². The summed E-state index contributed by atoms with van der Waals surface area (Å²) < 4.78 is 51.0. The van der Waals surface area contributed by atoms with Gasteiger partial charge in [0.25, 0.3) is 5.91 Å². The number of anilines is 1. The number of hydrogen-bond donors (Lipinski definition) is 1. The summed E-state index contributed by atoms with van der Waals surface area (Å²) in [5.41, 5.74) is -1.28. The molecule has 0 atom stereocenters. The molecular weight excluding hydrogens is 274 g/mol. The number of hydrogen-bond acceptors (Lipinski definition) is 1. The number of amides is 1. The second-order valence-corrected chi connectivity index (χ2v) is 4.00. The highest BCUT2D eigenvalue weighted by molar-refractivity contribution is 6.05. The van der Waals surface area contributed by atoms with Crippen LogP contribution in [-0.4, -0.2) is 5.91 Å². The molecule has 1 N–H and O–H groups in total. The minimum absolute atomic E-state index is 0.216. The van der Waals surface area contributed by atoms with E-state index in [9.17, 15) is 22.4 Å². The molecule has 2 nitrogen and oxygen atoms in total. The summed E-state index contributed by atoms with van der Waals surface area (Å²) >= 11 is 0. The number of benzene rings is 2. The van der Waals surface area contributed by atoms with Crippen LogP contribution in [0.15, 0.2) is 48.5 Å². The number of carbonyl (C=O) groups is 1. The van der Waals surface area contributed by atoms with E-state index in [2.05, 4.69) is 5.32 Å². The van der Waals surface area contributed by atoms with Crippen molar-refractivity contribution in [2.75, 3.05) is 5.32 Å². The van der Waals surface area contributed by atoms with Crippen LogP contribution in [0.5, 0.6) is 0 Å². The summed E-state index contributed by atoms with van der Waals surface area (Å²) in [7, 11) is 0. The van der Waals surface area contributed by atoms with Gasteiger partial charge in [-0.1, -0.05) is 12.1 Å². The second kappa shape index (κ2) is 5.32. The Balaban J connectivity index is 2.28. The molecule has 0 bridgehead atoms. The predicted octanol–water partition coefficient (Wildman–Crippen LogP) is 4.10. The van der Waals surface area contributed by atoms with Gasteiger partial charge < -0.3 is 5.32 Å². The molecule has 0 aliphatic carbocycles. The van der Waals surface area contributed by atoms with E-state index >= 15 is 0 Å². The number of rotatable bonds is 2. The normalized spacial score (nSPS) is 11.2. The summed E-state index contributed by atoms with van der Waals surface area (Å²) in [4.78, 5) is 11.9. The van der Waals surface area contributed by atoms with Gasteiger partial charge in [-0.2, -0.15) is 13.2 Å².